The Bertz CT molecular complexity index is 1550. The van der Waals surface area contributed by atoms with Crippen LogP contribution in [0.4, 0.5) is 0 Å². The molecule has 0 aliphatic heterocycles. The number of fused-ring (bicyclic) bond motifs is 4. The predicted molar refractivity (Wildman–Crippen MR) is 131 cm³/mol. The summed E-state index contributed by atoms with van der Waals surface area (Å²) in [6.07, 6.45) is 0.905. The van der Waals surface area contributed by atoms with Crippen molar-refractivity contribution in [1.29, 1.82) is 0 Å². The van der Waals surface area contributed by atoms with Crippen LogP contribution in [0.1, 0.15) is 31.7 Å². The summed E-state index contributed by atoms with van der Waals surface area (Å²) < 4.78 is 9.33. The van der Waals surface area contributed by atoms with Crippen LogP contribution in [0, 0.1) is 12.8 Å². The van der Waals surface area contributed by atoms with Gasteiger partial charge in [-0.15, -0.1) is 0 Å². The maximum absolute atomic E-state index is 13.7. The van der Waals surface area contributed by atoms with Crippen LogP contribution in [0.5, 0.6) is 5.75 Å². The third-order valence-electron chi connectivity index (χ3n) is 6.09. The Morgan fingerprint density at radius 3 is 2.33 bits per heavy atom. The first-order chi connectivity index (χ1) is 16.0. The van der Waals surface area contributed by atoms with Crippen molar-refractivity contribution in [2.45, 2.75) is 40.3 Å². The van der Waals surface area contributed by atoms with Gasteiger partial charge in [-0.05, 0) is 37.5 Å². The predicted octanol–water partition coefficient (Wildman–Crippen LogP) is 4.71. The summed E-state index contributed by atoms with van der Waals surface area (Å²) in [5.41, 5.74) is 4.31. The van der Waals surface area contributed by atoms with E-state index < -0.39 is 0 Å². The molecule has 0 spiro atoms. The van der Waals surface area contributed by atoms with E-state index in [0.29, 0.717) is 47.0 Å². The Hall–Kier alpha value is -3.74. The zero-order valence-corrected chi connectivity index (χ0v) is 19.4. The van der Waals surface area contributed by atoms with Crippen LogP contribution in [0.2, 0.25) is 0 Å². The molecule has 33 heavy (non-hydrogen) atoms. The molecule has 3 aromatic heterocycles. The topological polar surface area (TPSA) is 74.8 Å². The Morgan fingerprint density at radius 1 is 0.909 bits per heavy atom. The highest BCUT2D eigenvalue weighted by molar-refractivity contribution is 6.04. The average Bonchev–Trinajstić information content (AvgIpc) is 3.09. The Kier molecular flexibility index (Phi) is 5.32. The molecule has 7 heteroatoms. The molecule has 5 aromatic rings. The number of aryl methyl sites for hydroxylation is 1. The van der Waals surface area contributed by atoms with Crippen molar-refractivity contribution in [2.75, 3.05) is 7.11 Å². The smallest absolute Gasteiger partial charge is 0.265 e. The van der Waals surface area contributed by atoms with Gasteiger partial charge >= 0.3 is 0 Å². The van der Waals surface area contributed by atoms with Gasteiger partial charge in [-0.1, -0.05) is 44.2 Å². The fourth-order valence-corrected chi connectivity index (χ4v) is 4.30. The number of methoxy groups -OCH3 is 1. The Balaban J connectivity index is 1.84. The van der Waals surface area contributed by atoms with Gasteiger partial charge in [-0.2, -0.15) is 0 Å². The molecular formula is C26H27N5O2. The summed E-state index contributed by atoms with van der Waals surface area (Å²) in [6, 6.07) is 15.6. The number of aromatic nitrogens is 5. The van der Waals surface area contributed by atoms with Gasteiger partial charge in [-0.3, -0.25) is 9.36 Å². The molecule has 3 heterocycles. The summed E-state index contributed by atoms with van der Waals surface area (Å²) in [7, 11) is 1.66. The van der Waals surface area contributed by atoms with Gasteiger partial charge < -0.3 is 9.30 Å². The number of para-hydroxylation sites is 3. The largest absolute Gasteiger partial charge is 0.496 e. The van der Waals surface area contributed by atoms with Gasteiger partial charge in [-0.25, -0.2) is 15.0 Å². The van der Waals surface area contributed by atoms with Gasteiger partial charge in [0.2, 0.25) is 0 Å². The zero-order valence-electron chi connectivity index (χ0n) is 19.4. The van der Waals surface area contributed by atoms with Crippen molar-refractivity contribution in [2.24, 2.45) is 5.92 Å². The molecule has 0 fully saturated rings. The highest BCUT2D eigenvalue weighted by atomic mass is 16.5. The van der Waals surface area contributed by atoms with E-state index in [0.717, 1.165) is 28.8 Å². The molecule has 0 atom stereocenters. The maximum atomic E-state index is 13.7. The first kappa shape index (κ1) is 21.1. The van der Waals surface area contributed by atoms with E-state index in [1.807, 2.05) is 60.0 Å². The van der Waals surface area contributed by atoms with E-state index in [1.165, 1.54) is 0 Å². The molecule has 0 saturated carbocycles. The lowest BCUT2D eigenvalue weighted by Gasteiger charge is -2.13. The summed E-state index contributed by atoms with van der Waals surface area (Å²) >= 11 is 0. The van der Waals surface area contributed by atoms with Crippen LogP contribution in [0.15, 0.2) is 53.3 Å². The lowest BCUT2D eigenvalue weighted by atomic mass is 10.1. The van der Waals surface area contributed by atoms with Crippen LogP contribution in [0.3, 0.4) is 0 Å². The lowest BCUT2D eigenvalue weighted by molar-refractivity contribution is 0.409. The van der Waals surface area contributed by atoms with E-state index in [-0.39, 0.29) is 5.56 Å². The van der Waals surface area contributed by atoms with Gasteiger partial charge in [0.1, 0.15) is 22.5 Å². The summed E-state index contributed by atoms with van der Waals surface area (Å²) in [4.78, 5) is 28.4. The minimum absolute atomic E-state index is 0.0634. The van der Waals surface area contributed by atoms with E-state index in [1.54, 1.807) is 11.7 Å². The molecule has 0 bridgehead atoms. The molecule has 0 N–H and O–H groups in total. The minimum atomic E-state index is -0.0634. The third-order valence-corrected chi connectivity index (χ3v) is 6.09. The van der Waals surface area contributed by atoms with Crippen LogP contribution < -0.4 is 10.3 Å². The quantitative estimate of drug-likeness (QED) is 0.382. The van der Waals surface area contributed by atoms with Gasteiger partial charge in [0.15, 0.2) is 11.3 Å². The lowest BCUT2D eigenvalue weighted by Crippen LogP contribution is -2.25. The fraction of sp³-hybridized carbons (Fsp3) is 0.308. The number of ether oxygens (including phenoxy) is 1. The third kappa shape index (κ3) is 3.63. The Labute approximate surface area is 191 Å². The maximum Gasteiger partial charge on any atom is 0.265 e. The average molecular weight is 442 g/mol. The molecule has 0 saturated heterocycles. The number of nitrogens with zero attached hydrogens (tertiary/aromatic N) is 5. The van der Waals surface area contributed by atoms with Crippen molar-refractivity contribution in [1.82, 2.24) is 24.1 Å². The number of hydrogen-bond acceptors (Lipinski definition) is 5. The van der Waals surface area contributed by atoms with Gasteiger partial charge in [0.05, 0.1) is 24.7 Å². The highest BCUT2D eigenvalue weighted by Gasteiger charge is 2.22. The molecule has 5 rings (SSSR count). The van der Waals surface area contributed by atoms with Crippen LogP contribution >= 0.6 is 0 Å². The van der Waals surface area contributed by atoms with Crippen molar-refractivity contribution >= 4 is 33.2 Å². The van der Waals surface area contributed by atoms with Crippen molar-refractivity contribution in [3.63, 3.8) is 0 Å². The number of benzene rings is 2. The van der Waals surface area contributed by atoms with E-state index >= 15 is 0 Å². The normalized spacial score (nSPS) is 11.8. The summed E-state index contributed by atoms with van der Waals surface area (Å²) in [5.74, 6) is 1.97. The van der Waals surface area contributed by atoms with Crippen LogP contribution in [-0.2, 0) is 13.1 Å². The molecule has 0 aliphatic rings. The second-order valence-corrected chi connectivity index (χ2v) is 8.78. The fourth-order valence-electron chi connectivity index (χ4n) is 4.30. The Morgan fingerprint density at radius 2 is 1.61 bits per heavy atom. The van der Waals surface area contributed by atoms with Crippen LogP contribution in [0.25, 0.3) is 33.2 Å². The second kappa shape index (κ2) is 8.31. The first-order valence-corrected chi connectivity index (χ1v) is 11.3. The number of hydrogen-bond donors (Lipinski definition) is 0. The summed E-state index contributed by atoms with van der Waals surface area (Å²) in [5, 5.41) is 0.521. The zero-order chi connectivity index (χ0) is 23.1. The van der Waals surface area contributed by atoms with Gasteiger partial charge in [0, 0.05) is 12.1 Å². The van der Waals surface area contributed by atoms with Crippen LogP contribution in [-0.4, -0.2) is 31.2 Å². The molecule has 2 aromatic carbocycles. The molecule has 0 amide bonds. The molecular weight excluding hydrogens is 414 g/mol. The van der Waals surface area contributed by atoms with E-state index in [4.69, 9.17) is 19.7 Å². The molecule has 0 unspecified atom stereocenters. The standard InChI is InChI=1S/C26H27N5O2/c1-16(2)13-14-30-17(3)27-24-22(26(30)32)23-25(29-20-11-7-6-10-19(20)28-23)31(24)15-18-9-5-8-12-21(18)33-4/h5-12,16H,13-15H2,1-4H3. The van der Waals surface area contributed by atoms with E-state index in [2.05, 4.69) is 13.8 Å². The van der Waals surface area contributed by atoms with E-state index in [9.17, 15) is 4.79 Å². The van der Waals surface area contributed by atoms with Gasteiger partial charge in [0.25, 0.3) is 5.56 Å². The second-order valence-electron chi connectivity index (χ2n) is 8.78. The van der Waals surface area contributed by atoms with Crippen molar-refractivity contribution < 1.29 is 4.74 Å². The molecule has 168 valence electrons. The summed E-state index contributed by atoms with van der Waals surface area (Å²) in [6.45, 7) is 7.31. The molecule has 0 aliphatic carbocycles. The van der Waals surface area contributed by atoms with Crippen molar-refractivity contribution in [3.8, 4) is 5.75 Å². The number of rotatable bonds is 6. The molecule has 7 nitrogen and oxygen atoms in total. The minimum Gasteiger partial charge on any atom is -0.496 e. The SMILES string of the molecule is COc1ccccc1Cn1c2nc3ccccc3nc2c2c(=O)n(CCC(C)C)c(C)nc21. The molecule has 0 radical (unpaired) electrons. The monoisotopic (exact) mass is 441 g/mol. The first-order valence-electron chi connectivity index (χ1n) is 11.3. The highest BCUT2D eigenvalue weighted by Crippen LogP contribution is 2.28. The van der Waals surface area contributed by atoms with Crippen molar-refractivity contribution in [3.05, 3.63) is 70.3 Å².